The number of hydrogen-bond donors (Lipinski definition) is 1. The van der Waals surface area contributed by atoms with Crippen molar-refractivity contribution in [1.29, 1.82) is 0 Å². The van der Waals surface area contributed by atoms with Gasteiger partial charge in [-0.25, -0.2) is 0 Å². The predicted molar refractivity (Wildman–Crippen MR) is 74.3 cm³/mol. The molecule has 1 aromatic heterocycles. The van der Waals surface area contributed by atoms with E-state index in [0.29, 0.717) is 5.88 Å². The highest BCUT2D eigenvalue weighted by molar-refractivity contribution is 5.40. The van der Waals surface area contributed by atoms with E-state index in [9.17, 15) is 0 Å². The van der Waals surface area contributed by atoms with Gasteiger partial charge in [-0.05, 0) is 44.8 Å². The first-order valence-corrected chi connectivity index (χ1v) is 6.80. The van der Waals surface area contributed by atoms with Gasteiger partial charge in [-0.15, -0.1) is 0 Å². The molecule has 1 saturated heterocycles. The number of ether oxygens (including phenoxy) is 1. The van der Waals surface area contributed by atoms with Gasteiger partial charge in [0.1, 0.15) is 5.82 Å². The number of piperidine rings is 1. The summed E-state index contributed by atoms with van der Waals surface area (Å²) in [5.74, 6) is 2.49. The number of pyridine rings is 1. The van der Waals surface area contributed by atoms with Crippen molar-refractivity contribution in [2.45, 2.75) is 19.8 Å². The second kappa shape index (κ2) is 6.59. The molecule has 18 heavy (non-hydrogen) atoms. The van der Waals surface area contributed by atoms with Crippen LogP contribution in [-0.2, 0) is 0 Å². The quantitative estimate of drug-likeness (QED) is 0.865. The molecule has 0 radical (unpaired) electrons. The lowest BCUT2D eigenvalue weighted by Crippen LogP contribution is -2.36. The Bertz CT molecular complexity index is 364. The fraction of sp³-hybridized carbons (Fsp3) is 0.643. The number of rotatable bonds is 5. The molecule has 0 saturated carbocycles. The van der Waals surface area contributed by atoms with Gasteiger partial charge in [0.25, 0.3) is 0 Å². The summed E-state index contributed by atoms with van der Waals surface area (Å²) in [6.45, 7) is 6.56. The molecule has 1 N–H and O–H groups in total. The first-order chi connectivity index (χ1) is 8.83. The van der Waals surface area contributed by atoms with Crippen LogP contribution in [0.2, 0.25) is 0 Å². The lowest BCUT2D eigenvalue weighted by Gasteiger charge is -2.30. The molecule has 2 rings (SSSR count). The van der Waals surface area contributed by atoms with Crippen LogP contribution in [0.4, 0.5) is 5.82 Å². The number of methoxy groups -OCH3 is 1. The normalized spacial score (nSPS) is 16.6. The molecule has 100 valence electrons. The Balaban J connectivity index is 2.02. The summed E-state index contributed by atoms with van der Waals surface area (Å²) in [5.41, 5.74) is 0. The maximum Gasteiger partial charge on any atom is 0.214 e. The summed E-state index contributed by atoms with van der Waals surface area (Å²) in [6, 6.07) is 5.96. The number of aromatic nitrogens is 1. The molecule has 1 fully saturated rings. The van der Waals surface area contributed by atoms with E-state index >= 15 is 0 Å². The molecular formula is C14H23N3O. The van der Waals surface area contributed by atoms with Crippen molar-refractivity contribution in [3.05, 3.63) is 18.2 Å². The molecule has 1 aromatic rings. The largest absolute Gasteiger partial charge is 0.481 e. The van der Waals surface area contributed by atoms with Crippen molar-refractivity contribution >= 4 is 5.82 Å². The van der Waals surface area contributed by atoms with Gasteiger partial charge >= 0.3 is 0 Å². The van der Waals surface area contributed by atoms with Gasteiger partial charge in [-0.1, -0.05) is 6.07 Å². The second-order valence-electron chi connectivity index (χ2n) is 4.77. The van der Waals surface area contributed by atoms with Crippen LogP contribution in [0.15, 0.2) is 18.2 Å². The molecule has 1 aliphatic rings. The average molecular weight is 249 g/mol. The van der Waals surface area contributed by atoms with Crippen molar-refractivity contribution in [2.75, 3.05) is 38.2 Å². The highest BCUT2D eigenvalue weighted by atomic mass is 16.5. The summed E-state index contributed by atoms with van der Waals surface area (Å²) in [5, 5.41) is 3.41. The van der Waals surface area contributed by atoms with Crippen LogP contribution in [0.3, 0.4) is 0 Å². The van der Waals surface area contributed by atoms with Crippen LogP contribution >= 0.6 is 0 Å². The zero-order valence-electron chi connectivity index (χ0n) is 11.4. The first kappa shape index (κ1) is 13.1. The fourth-order valence-electron chi connectivity index (χ4n) is 2.45. The second-order valence-corrected chi connectivity index (χ2v) is 4.77. The van der Waals surface area contributed by atoms with E-state index < -0.39 is 0 Å². The molecule has 4 nitrogen and oxygen atoms in total. The van der Waals surface area contributed by atoms with Gasteiger partial charge in [0.2, 0.25) is 5.88 Å². The summed E-state index contributed by atoms with van der Waals surface area (Å²) in [7, 11) is 1.66. The predicted octanol–water partition coefficient (Wildman–Crippen LogP) is 1.92. The molecule has 1 aliphatic heterocycles. The Kier molecular flexibility index (Phi) is 4.81. The topological polar surface area (TPSA) is 37.4 Å². The third-order valence-corrected chi connectivity index (χ3v) is 3.56. The van der Waals surface area contributed by atoms with E-state index in [1.807, 2.05) is 12.1 Å². The molecular weight excluding hydrogens is 226 g/mol. The van der Waals surface area contributed by atoms with Crippen LogP contribution in [0, 0.1) is 5.92 Å². The minimum Gasteiger partial charge on any atom is -0.481 e. The summed E-state index contributed by atoms with van der Waals surface area (Å²) >= 11 is 0. The number of nitrogens with one attached hydrogen (secondary N) is 1. The van der Waals surface area contributed by atoms with Crippen molar-refractivity contribution in [1.82, 2.24) is 10.3 Å². The van der Waals surface area contributed by atoms with Crippen molar-refractivity contribution < 1.29 is 4.74 Å². The van der Waals surface area contributed by atoms with Crippen molar-refractivity contribution in [2.24, 2.45) is 5.92 Å². The van der Waals surface area contributed by atoms with E-state index in [-0.39, 0.29) is 0 Å². The average Bonchev–Trinajstić information content (AvgIpc) is 2.46. The lowest BCUT2D eigenvalue weighted by atomic mass is 9.97. The molecule has 0 amide bonds. The van der Waals surface area contributed by atoms with Crippen LogP contribution in [-0.4, -0.2) is 38.3 Å². The maximum absolute atomic E-state index is 5.19. The highest BCUT2D eigenvalue weighted by Gasteiger charge is 2.17. The van der Waals surface area contributed by atoms with Gasteiger partial charge in [-0.2, -0.15) is 4.98 Å². The van der Waals surface area contributed by atoms with Gasteiger partial charge in [-0.3, -0.25) is 0 Å². The van der Waals surface area contributed by atoms with Crippen LogP contribution < -0.4 is 15.0 Å². The zero-order chi connectivity index (χ0) is 12.8. The van der Waals surface area contributed by atoms with Gasteiger partial charge in [0, 0.05) is 19.2 Å². The monoisotopic (exact) mass is 249 g/mol. The van der Waals surface area contributed by atoms with Gasteiger partial charge < -0.3 is 15.0 Å². The van der Waals surface area contributed by atoms with Gasteiger partial charge in [0.15, 0.2) is 0 Å². The summed E-state index contributed by atoms with van der Waals surface area (Å²) in [6.07, 6.45) is 2.53. The molecule has 4 heteroatoms. The van der Waals surface area contributed by atoms with E-state index in [1.54, 1.807) is 7.11 Å². The summed E-state index contributed by atoms with van der Waals surface area (Å²) in [4.78, 5) is 6.86. The molecule has 0 atom stereocenters. The Morgan fingerprint density at radius 2 is 2.17 bits per heavy atom. The van der Waals surface area contributed by atoms with Crippen molar-refractivity contribution in [3.8, 4) is 5.88 Å². The fourth-order valence-corrected chi connectivity index (χ4v) is 2.45. The number of hydrogen-bond acceptors (Lipinski definition) is 4. The van der Waals surface area contributed by atoms with Crippen LogP contribution in [0.25, 0.3) is 0 Å². The Morgan fingerprint density at radius 1 is 1.39 bits per heavy atom. The minimum atomic E-state index is 0.691. The lowest BCUT2D eigenvalue weighted by molar-refractivity contribution is 0.372. The number of anilines is 1. The molecule has 0 unspecified atom stereocenters. The van der Waals surface area contributed by atoms with Crippen LogP contribution in [0.5, 0.6) is 5.88 Å². The highest BCUT2D eigenvalue weighted by Crippen LogP contribution is 2.20. The van der Waals surface area contributed by atoms with E-state index in [0.717, 1.165) is 37.9 Å². The zero-order valence-corrected chi connectivity index (χ0v) is 11.4. The molecule has 2 heterocycles. The van der Waals surface area contributed by atoms with Crippen LogP contribution in [0.1, 0.15) is 19.8 Å². The smallest absolute Gasteiger partial charge is 0.214 e. The van der Waals surface area contributed by atoms with Crippen molar-refractivity contribution in [3.63, 3.8) is 0 Å². The Morgan fingerprint density at radius 3 is 2.83 bits per heavy atom. The Hall–Kier alpha value is -1.29. The van der Waals surface area contributed by atoms with Gasteiger partial charge in [0.05, 0.1) is 7.11 Å². The first-order valence-electron chi connectivity index (χ1n) is 6.80. The van der Waals surface area contributed by atoms with E-state index in [4.69, 9.17) is 4.74 Å². The third-order valence-electron chi connectivity index (χ3n) is 3.56. The van der Waals surface area contributed by atoms with E-state index in [1.165, 1.54) is 12.8 Å². The standard InChI is InChI=1S/C14H23N3O/c1-3-17(11-12-7-9-15-10-8-12)13-5-4-6-14(16-13)18-2/h4-6,12,15H,3,7-11H2,1-2H3. The van der Waals surface area contributed by atoms with E-state index in [2.05, 4.69) is 28.2 Å². The maximum atomic E-state index is 5.19. The molecule has 0 aliphatic carbocycles. The molecule has 0 spiro atoms. The minimum absolute atomic E-state index is 0.691. The molecule has 0 bridgehead atoms. The summed E-state index contributed by atoms with van der Waals surface area (Å²) < 4.78 is 5.19. The number of nitrogens with zero attached hydrogens (tertiary/aromatic N) is 2. The SMILES string of the molecule is CCN(CC1CCNCC1)c1cccc(OC)n1. The third kappa shape index (κ3) is 3.35. The molecule has 0 aromatic carbocycles. The Labute approximate surface area is 109 Å².